The van der Waals surface area contributed by atoms with E-state index in [9.17, 15) is 25.2 Å². The fourth-order valence-corrected chi connectivity index (χ4v) is 10.0. The monoisotopic (exact) mass is 769 g/mol. The Morgan fingerprint density at radius 1 is 1.00 bits per heavy atom. The summed E-state index contributed by atoms with van der Waals surface area (Å²) in [6.07, 6.45) is -2.52. The second-order valence-electron chi connectivity index (χ2n) is 17.8. The second-order valence-corrected chi connectivity index (χ2v) is 17.8. The lowest BCUT2D eigenvalue weighted by atomic mass is 9.78. The molecule has 4 fully saturated rings. The van der Waals surface area contributed by atoms with Crippen LogP contribution in [0.1, 0.15) is 121 Å². The molecule has 0 spiro atoms. The lowest BCUT2D eigenvalue weighted by Gasteiger charge is -2.49. The number of hydrogen-bond donors (Lipinski definition) is 4. The van der Waals surface area contributed by atoms with E-state index in [-0.39, 0.29) is 25.0 Å². The van der Waals surface area contributed by atoms with Crippen LogP contribution in [0.25, 0.3) is 0 Å². The molecule has 5 aliphatic rings. The van der Waals surface area contributed by atoms with Crippen molar-refractivity contribution in [1.29, 1.82) is 0 Å². The largest absolute Gasteiger partial charge is 0.488 e. The Labute approximate surface area is 323 Å². The molecule has 5 aliphatic heterocycles. The molecule has 0 aromatic carbocycles. The number of likely N-dealkylation sites (tertiary alicyclic amines) is 1. The number of rotatable bonds is 9. The minimum Gasteiger partial charge on any atom is -0.488 e. The van der Waals surface area contributed by atoms with Crippen LogP contribution in [0.4, 0.5) is 0 Å². The van der Waals surface area contributed by atoms with Crippen LogP contribution in [0.5, 0.6) is 0 Å². The minimum atomic E-state index is -1.82. The van der Waals surface area contributed by atoms with Gasteiger partial charge in [-0.15, -0.1) is 0 Å². The molecule has 5 rings (SSSR count). The van der Waals surface area contributed by atoms with Gasteiger partial charge in [0.05, 0.1) is 41.9 Å². The van der Waals surface area contributed by atoms with Crippen molar-refractivity contribution in [3.8, 4) is 0 Å². The van der Waals surface area contributed by atoms with Gasteiger partial charge in [0.2, 0.25) is 0 Å². The highest BCUT2D eigenvalue weighted by molar-refractivity contribution is 5.73. The molecule has 0 aromatic heterocycles. The van der Waals surface area contributed by atoms with Crippen molar-refractivity contribution < 1.29 is 58.4 Å². The fourth-order valence-electron chi connectivity index (χ4n) is 10.0. The molecule has 0 amide bonds. The number of nitrogens with zero attached hydrogens (tertiary/aromatic N) is 1. The van der Waals surface area contributed by atoms with E-state index >= 15 is 0 Å². The highest BCUT2D eigenvalue weighted by Gasteiger charge is 2.57. The zero-order valence-electron chi connectivity index (χ0n) is 34.7. The van der Waals surface area contributed by atoms with Gasteiger partial charge < -0.3 is 53.6 Å². The van der Waals surface area contributed by atoms with Gasteiger partial charge >= 0.3 is 5.97 Å². The first-order chi connectivity index (χ1) is 25.3. The molecule has 13 nitrogen and oxygen atoms in total. The Kier molecular flexibility index (Phi) is 13.9. The van der Waals surface area contributed by atoms with Gasteiger partial charge in [0.1, 0.15) is 41.4 Å². The van der Waals surface area contributed by atoms with Crippen LogP contribution >= 0.6 is 0 Å². The Morgan fingerprint density at radius 3 is 2.26 bits per heavy atom. The smallest absolute Gasteiger partial charge is 0.311 e. The lowest BCUT2D eigenvalue weighted by Crippen LogP contribution is -2.60. The molecule has 0 aromatic rings. The number of hydrogen-bond acceptors (Lipinski definition) is 13. The molecule has 0 saturated carbocycles. The van der Waals surface area contributed by atoms with Gasteiger partial charge in [-0.2, -0.15) is 0 Å². The van der Waals surface area contributed by atoms with Crippen LogP contribution < -0.4 is 0 Å². The number of fused-ring (bicyclic) bond motifs is 2. The fraction of sp³-hybridized carbons (Fsp3) is 0.927. The molecule has 5 unspecified atom stereocenters. The Morgan fingerprint density at radius 2 is 1.65 bits per heavy atom. The number of esters is 1. The normalized spacial score (nSPS) is 46.1. The summed E-state index contributed by atoms with van der Waals surface area (Å²) in [4.78, 5) is 16.8. The first-order valence-corrected chi connectivity index (χ1v) is 20.5. The van der Waals surface area contributed by atoms with E-state index in [0.29, 0.717) is 18.6 Å². The summed E-state index contributed by atoms with van der Waals surface area (Å²) in [5, 5.41) is 45.9. The van der Waals surface area contributed by atoms with Gasteiger partial charge in [-0.25, -0.2) is 0 Å². The van der Waals surface area contributed by atoms with Crippen molar-refractivity contribution in [2.75, 3.05) is 20.2 Å². The summed E-state index contributed by atoms with van der Waals surface area (Å²) < 4.78 is 45.5. The third-order valence-electron chi connectivity index (χ3n) is 13.4. The molecule has 4 saturated heterocycles. The molecule has 0 radical (unpaired) electrons. The zero-order chi connectivity index (χ0) is 39.9. The zero-order valence-corrected chi connectivity index (χ0v) is 34.7. The number of methoxy groups -OCH3 is 1. The van der Waals surface area contributed by atoms with E-state index in [1.54, 1.807) is 27.7 Å². The molecule has 17 atom stereocenters. The first kappa shape index (κ1) is 43.7. The maximum Gasteiger partial charge on any atom is 0.311 e. The van der Waals surface area contributed by atoms with Crippen LogP contribution in [0.2, 0.25) is 0 Å². The van der Waals surface area contributed by atoms with Gasteiger partial charge in [-0.05, 0) is 92.8 Å². The molecule has 4 N–H and O–H groups in total. The molecule has 0 aliphatic carbocycles. The van der Waals surface area contributed by atoms with Crippen LogP contribution in [0.3, 0.4) is 0 Å². The Bertz CT molecular complexity index is 1300. The number of cyclic esters (lactones) is 1. The van der Waals surface area contributed by atoms with Crippen molar-refractivity contribution in [3.63, 3.8) is 0 Å². The van der Waals surface area contributed by atoms with Crippen molar-refractivity contribution in [2.45, 2.75) is 205 Å². The van der Waals surface area contributed by atoms with E-state index in [0.717, 1.165) is 31.5 Å². The molecular formula is C41H71NO12. The maximum absolute atomic E-state index is 14.4. The number of carbonyl (C=O) groups is 1. The van der Waals surface area contributed by atoms with Crippen LogP contribution in [-0.2, 0) is 38.0 Å². The summed E-state index contributed by atoms with van der Waals surface area (Å²) >= 11 is 0. The number of ether oxygens (including phenoxy) is 7. The number of aliphatic hydroxyl groups excluding tert-OH is 3. The van der Waals surface area contributed by atoms with E-state index < -0.39 is 95.8 Å². The van der Waals surface area contributed by atoms with Crippen molar-refractivity contribution in [3.05, 3.63) is 11.3 Å². The highest BCUT2D eigenvalue weighted by Crippen LogP contribution is 2.48. The van der Waals surface area contributed by atoms with Gasteiger partial charge in [0, 0.05) is 31.9 Å². The van der Waals surface area contributed by atoms with E-state index in [1.807, 2.05) is 34.6 Å². The lowest BCUT2D eigenvalue weighted by molar-refractivity contribution is -0.317. The van der Waals surface area contributed by atoms with Gasteiger partial charge in [-0.3, -0.25) is 9.69 Å². The van der Waals surface area contributed by atoms with Crippen molar-refractivity contribution in [1.82, 2.24) is 4.90 Å². The first-order valence-electron chi connectivity index (χ1n) is 20.5. The van der Waals surface area contributed by atoms with Gasteiger partial charge in [0.25, 0.3) is 0 Å². The third-order valence-corrected chi connectivity index (χ3v) is 13.4. The summed E-state index contributed by atoms with van der Waals surface area (Å²) in [5.41, 5.74) is -2.93. The molecule has 2 bridgehead atoms. The van der Waals surface area contributed by atoms with Gasteiger partial charge in [-0.1, -0.05) is 33.6 Å². The highest BCUT2D eigenvalue weighted by atomic mass is 16.7. The van der Waals surface area contributed by atoms with E-state index in [4.69, 9.17) is 33.2 Å². The minimum absolute atomic E-state index is 0.146. The Balaban J connectivity index is 1.57. The summed E-state index contributed by atoms with van der Waals surface area (Å²) in [6.45, 7) is 20.1. The second kappa shape index (κ2) is 17.2. The quantitative estimate of drug-likeness (QED) is 0.247. The topological polar surface area (TPSA) is 166 Å². The molecular weight excluding hydrogens is 698 g/mol. The predicted octanol–water partition coefficient (Wildman–Crippen LogP) is 4.21. The SMILES string of the molecule is CC[C@H](O)[C@@](C)(O)[C@@H]1OC(=O)[C@H](C)[C@@H](O[C@H]2CC(C)(OC)[C@@H](O)C(C)O2)[C@H](C)[C@@H](O[C@@H]2OC(C)CC(N3CCCCCC3)C2O)[C@@]2(C)CC(C)=C(O2)[C@@H]1C. The average molecular weight is 770 g/mol. The van der Waals surface area contributed by atoms with Crippen LogP contribution in [0.15, 0.2) is 11.3 Å². The Hall–Kier alpha value is -1.39. The number of carbonyl (C=O) groups excluding carboxylic acids is 1. The third kappa shape index (κ3) is 8.71. The van der Waals surface area contributed by atoms with Gasteiger partial charge in [0.15, 0.2) is 12.6 Å². The molecule has 54 heavy (non-hydrogen) atoms. The maximum atomic E-state index is 14.4. The number of aliphatic hydroxyl groups is 4. The summed E-state index contributed by atoms with van der Waals surface area (Å²) in [5.74, 6) is -2.21. The summed E-state index contributed by atoms with van der Waals surface area (Å²) in [7, 11) is 1.54. The average Bonchev–Trinajstić information content (AvgIpc) is 3.25. The van der Waals surface area contributed by atoms with Crippen LogP contribution in [0, 0.1) is 17.8 Å². The van der Waals surface area contributed by atoms with Crippen molar-refractivity contribution in [2.24, 2.45) is 17.8 Å². The molecule has 312 valence electrons. The predicted molar refractivity (Wildman–Crippen MR) is 200 cm³/mol. The molecule has 5 heterocycles. The summed E-state index contributed by atoms with van der Waals surface area (Å²) in [6, 6.07) is -0.146. The van der Waals surface area contributed by atoms with E-state index in [1.165, 1.54) is 26.9 Å². The van der Waals surface area contributed by atoms with Crippen molar-refractivity contribution >= 4 is 5.97 Å². The standard InChI is InChI=1S/C41H71NO12/c1-12-29(43)41(10,47)36-24(4)32-22(2)20-40(9,54-32)35(53-38-31(44)28(19-23(3)49-38)42-17-15-13-14-16-18-42)25(5)33(26(6)37(46)52-36)51-30-21-39(8,48-11)34(45)27(7)50-30/h23-31,33-36,38,43-45,47H,12-21H2,1-11H3/t23?,24-,25-,26+,27?,28?,29-,30-,31?,33-,34-,35+,36+,38-,39?,40+,41+/m0/s1. The van der Waals surface area contributed by atoms with Crippen LogP contribution in [-0.4, -0.2) is 136 Å². The van der Waals surface area contributed by atoms with E-state index in [2.05, 4.69) is 4.90 Å². The molecule has 13 heteroatoms.